The van der Waals surface area contributed by atoms with Crippen molar-refractivity contribution in [2.75, 3.05) is 6.54 Å². The summed E-state index contributed by atoms with van der Waals surface area (Å²) in [6.07, 6.45) is 0.546. The molecule has 0 radical (unpaired) electrons. The summed E-state index contributed by atoms with van der Waals surface area (Å²) in [5, 5.41) is -0.668. The third-order valence-corrected chi connectivity index (χ3v) is 2.19. The van der Waals surface area contributed by atoms with Gasteiger partial charge in [0.05, 0.1) is 0 Å². The molecule has 0 spiro atoms. The van der Waals surface area contributed by atoms with Crippen LogP contribution in [0.5, 0.6) is 0 Å². The third-order valence-electron chi connectivity index (χ3n) is 1.84. The second-order valence-electron chi connectivity index (χ2n) is 2.84. The van der Waals surface area contributed by atoms with Gasteiger partial charge in [0.15, 0.2) is 5.82 Å². The Morgan fingerprint density at radius 1 is 1.21 bits per heavy atom. The molecule has 0 fully saturated rings. The van der Waals surface area contributed by atoms with Crippen LogP contribution in [-0.2, 0) is 6.42 Å². The Morgan fingerprint density at radius 3 is 2.43 bits per heavy atom. The predicted octanol–water partition coefficient (Wildman–Crippen LogP) is 2.65. The van der Waals surface area contributed by atoms with Gasteiger partial charge in [0, 0.05) is 11.6 Å². The first-order valence-electron chi connectivity index (χ1n) is 4.10. The Bertz CT molecular complexity index is 341. The van der Waals surface area contributed by atoms with Crippen molar-refractivity contribution in [1.82, 2.24) is 0 Å². The van der Waals surface area contributed by atoms with E-state index in [1.54, 1.807) is 0 Å². The normalized spacial score (nSPS) is 10.6. The van der Waals surface area contributed by atoms with E-state index in [0.29, 0.717) is 19.0 Å². The lowest BCUT2D eigenvalue weighted by molar-refractivity contribution is 0.521. The van der Waals surface area contributed by atoms with Crippen molar-refractivity contribution in [3.8, 4) is 0 Å². The fraction of sp³-hybridized carbons (Fsp3) is 0.333. The van der Waals surface area contributed by atoms with Gasteiger partial charge in [-0.1, -0.05) is 11.6 Å². The van der Waals surface area contributed by atoms with Crippen molar-refractivity contribution in [1.29, 1.82) is 0 Å². The van der Waals surface area contributed by atoms with Gasteiger partial charge in [0.1, 0.15) is 16.7 Å². The molecule has 2 N–H and O–H groups in total. The highest BCUT2D eigenvalue weighted by Crippen LogP contribution is 2.25. The summed E-state index contributed by atoms with van der Waals surface area (Å²) >= 11 is 5.29. The molecule has 1 aromatic carbocycles. The number of benzene rings is 1. The van der Waals surface area contributed by atoms with Crippen molar-refractivity contribution in [3.63, 3.8) is 0 Å². The lowest BCUT2D eigenvalue weighted by atomic mass is 10.1. The summed E-state index contributed by atoms with van der Waals surface area (Å²) in [7, 11) is 0. The Morgan fingerprint density at radius 2 is 1.86 bits per heavy atom. The summed E-state index contributed by atoms with van der Waals surface area (Å²) < 4.78 is 38.9. The molecule has 0 aromatic heterocycles. The van der Waals surface area contributed by atoms with Crippen molar-refractivity contribution < 1.29 is 13.2 Å². The van der Waals surface area contributed by atoms with Crippen molar-refractivity contribution in [2.45, 2.75) is 12.8 Å². The van der Waals surface area contributed by atoms with Gasteiger partial charge in [-0.2, -0.15) is 0 Å². The maximum absolute atomic E-state index is 13.2. The summed E-state index contributed by atoms with van der Waals surface area (Å²) in [6.45, 7) is 0.313. The zero-order chi connectivity index (χ0) is 10.7. The molecule has 5 heteroatoms. The van der Waals surface area contributed by atoms with E-state index < -0.39 is 22.5 Å². The van der Waals surface area contributed by atoms with Crippen molar-refractivity contribution >= 4 is 11.6 Å². The highest BCUT2D eigenvalue weighted by atomic mass is 35.5. The van der Waals surface area contributed by atoms with E-state index in [2.05, 4.69) is 0 Å². The molecule has 0 aliphatic carbocycles. The number of halogens is 4. The molecule has 1 rings (SSSR count). The second kappa shape index (κ2) is 4.66. The molecule has 0 saturated heterocycles. The zero-order valence-electron chi connectivity index (χ0n) is 7.29. The van der Waals surface area contributed by atoms with Crippen molar-refractivity contribution in [2.24, 2.45) is 5.73 Å². The van der Waals surface area contributed by atoms with E-state index >= 15 is 0 Å². The van der Waals surface area contributed by atoms with Gasteiger partial charge in [0.25, 0.3) is 0 Å². The van der Waals surface area contributed by atoms with Crippen molar-refractivity contribution in [3.05, 3.63) is 34.1 Å². The number of hydrogen-bond acceptors (Lipinski definition) is 1. The van der Waals surface area contributed by atoms with Gasteiger partial charge in [-0.15, -0.1) is 0 Å². The van der Waals surface area contributed by atoms with Gasteiger partial charge >= 0.3 is 0 Å². The Hall–Kier alpha value is -0.740. The molecule has 0 bridgehead atoms. The van der Waals surface area contributed by atoms with E-state index in [1.165, 1.54) is 0 Å². The predicted molar refractivity (Wildman–Crippen MR) is 48.7 cm³/mol. The summed E-state index contributed by atoms with van der Waals surface area (Å²) in [5.74, 6) is -3.03. The molecular weight excluding hydrogens is 215 g/mol. The zero-order valence-corrected chi connectivity index (χ0v) is 8.04. The molecule has 0 amide bonds. The summed E-state index contributed by atoms with van der Waals surface area (Å²) in [6, 6.07) is 0.581. The van der Waals surface area contributed by atoms with Crippen LogP contribution in [0.15, 0.2) is 6.07 Å². The molecule has 0 unspecified atom stereocenters. The molecule has 1 aromatic rings. The first-order valence-corrected chi connectivity index (χ1v) is 4.47. The quantitative estimate of drug-likeness (QED) is 0.619. The Balaban J connectivity index is 3.09. The van der Waals surface area contributed by atoms with Crippen LogP contribution in [-0.4, -0.2) is 6.54 Å². The first-order chi connectivity index (χ1) is 6.57. The molecule has 0 aliphatic heterocycles. The SMILES string of the molecule is NCCCc1c(F)cc(F)c(Cl)c1F. The molecule has 0 atom stereocenters. The van der Waals surface area contributed by atoms with E-state index in [1.807, 2.05) is 0 Å². The number of nitrogens with two attached hydrogens (primary N) is 1. The van der Waals surface area contributed by atoms with Gasteiger partial charge < -0.3 is 5.73 Å². The highest BCUT2D eigenvalue weighted by Gasteiger charge is 2.16. The lowest BCUT2D eigenvalue weighted by Crippen LogP contribution is -2.04. The van der Waals surface area contributed by atoms with Gasteiger partial charge in [-0.3, -0.25) is 0 Å². The maximum Gasteiger partial charge on any atom is 0.150 e. The molecule has 1 nitrogen and oxygen atoms in total. The molecular formula is C9H9ClF3N. The number of hydrogen-bond donors (Lipinski definition) is 1. The van der Waals surface area contributed by atoms with E-state index in [-0.39, 0.29) is 12.0 Å². The molecule has 78 valence electrons. The molecule has 0 saturated carbocycles. The lowest BCUT2D eigenvalue weighted by Gasteiger charge is -2.06. The van der Waals surface area contributed by atoms with Gasteiger partial charge in [0.2, 0.25) is 0 Å². The third kappa shape index (κ3) is 2.19. The topological polar surface area (TPSA) is 26.0 Å². The van der Waals surface area contributed by atoms with Crippen LogP contribution >= 0.6 is 11.6 Å². The minimum absolute atomic E-state index is 0.119. The standard InChI is InChI=1S/C9H9ClF3N/c10-8-7(12)4-6(11)5(9(8)13)2-1-3-14/h4H,1-3,14H2. The van der Waals surface area contributed by atoms with E-state index in [0.717, 1.165) is 0 Å². The van der Waals surface area contributed by atoms with Crippen LogP contribution in [0.2, 0.25) is 5.02 Å². The van der Waals surface area contributed by atoms with Gasteiger partial charge in [-0.25, -0.2) is 13.2 Å². The maximum atomic E-state index is 13.2. The molecule has 0 aliphatic rings. The Labute approximate surface area is 84.7 Å². The molecule has 14 heavy (non-hydrogen) atoms. The smallest absolute Gasteiger partial charge is 0.150 e. The average molecular weight is 224 g/mol. The Kier molecular flexibility index (Phi) is 3.77. The van der Waals surface area contributed by atoms with Crippen LogP contribution in [0.1, 0.15) is 12.0 Å². The van der Waals surface area contributed by atoms with Gasteiger partial charge in [-0.05, 0) is 19.4 Å². The van der Waals surface area contributed by atoms with E-state index in [9.17, 15) is 13.2 Å². The van der Waals surface area contributed by atoms with Crippen LogP contribution in [0.25, 0.3) is 0 Å². The average Bonchev–Trinajstić information content (AvgIpc) is 2.14. The monoisotopic (exact) mass is 223 g/mol. The fourth-order valence-corrected chi connectivity index (χ4v) is 1.28. The van der Waals surface area contributed by atoms with Crippen LogP contribution in [0.4, 0.5) is 13.2 Å². The van der Waals surface area contributed by atoms with Crippen LogP contribution in [0, 0.1) is 17.5 Å². The van der Waals surface area contributed by atoms with E-state index in [4.69, 9.17) is 17.3 Å². The first kappa shape index (κ1) is 11.3. The highest BCUT2D eigenvalue weighted by molar-refractivity contribution is 6.30. The second-order valence-corrected chi connectivity index (χ2v) is 3.22. The largest absolute Gasteiger partial charge is 0.330 e. The summed E-state index contributed by atoms with van der Waals surface area (Å²) in [5.41, 5.74) is 4.99. The van der Waals surface area contributed by atoms with Crippen LogP contribution in [0.3, 0.4) is 0 Å². The summed E-state index contributed by atoms with van der Waals surface area (Å²) in [4.78, 5) is 0. The minimum atomic E-state index is -1.09. The number of rotatable bonds is 3. The molecule has 0 heterocycles. The minimum Gasteiger partial charge on any atom is -0.330 e. The van der Waals surface area contributed by atoms with Crippen LogP contribution < -0.4 is 5.73 Å². The fourth-order valence-electron chi connectivity index (χ4n) is 1.11.